The van der Waals surface area contributed by atoms with Crippen LogP contribution >= 0.6 is 27.5 Å². The largest absolute Gasteiger partial charge is 0.398 e. The first kappa shape index (κ1) is 8.74. The summed E-state index contributed by atoms with van der Waals surface area (Å²) in [5, 5.41) is -0.316. The molecule has 0 aliphatic heterocycles. The number of rotatable bonds is 0. The molecule has 0 atom stereocenters. The zero-order valence-corrected chi connectivity index (χ0v) is 7.51. The Bertz CT molecular complexity index is 277. The molecule has 11 heavy (non-hydrogen) atoms. The predicted molar refractivity (Wildman–Crippen MR) is 43.5 cm³/mol. The molecule has 0 amide bonds. The normalized spacial score (nSPS) is 10.2. The molecule has 0 fully saturated rings. The van der Waals surface area contributed by atoms with Gasteiger partial charge in [-0.25, -0.2) is 8.78 Å². The van der Waals surface area contributed by atoms with E-state index in [1.165, 1.54) is 0 Å². The summed E-state index contributed by atoms with van der Waals surface area (Å²) in [4.78, 5) is 0. The highest BCUT2D eigenvalue weighted by molar-refractivity contribution is 9.10. The molecule has 60 valence electrons. The van der Waals surface area contributed by atoms with Crippen LogP contribution in [0.4, 0.5) is 14.5 Å². The summed E-state index contributed by atoms with van der Waals surface area (Å²) in [5.74, 6) is -2.15. The van der Waals surface area contributed by atoms with Gasteiger partial charge in [0.05, 0.1) is 15.2 Å². The third kappa shape index (κ3) is 1.46. The number of hydrogen-bond donors (Lipinski definition) is 1. The minimum absolute atomic E-state index is 0.0777. The molecule has 1 aromatic rings. The second kappa shape index (κ2) is 2.95. The van der Waals surface area contributed by atoms with Gasteiger partial charge in [0, 0.05) is 0 Å². The smallest absolute Gasteiger partial charge is 0.178 e. The quantitative estimate of drug-likeness (QED) is 0.422. The van der Waals surface area contributed by atoms with Gasteiger partial charge in [-0.05, 0) is 22.0 Å². The van der Waals surface area contributed by atoms with E-state index in [0.29, 0.717) is 0 Å². The van der Waals surface area contributed by atoms with E-state index < -0.39 is 11.6 Å². The van der Waals surface area contributed by atoms with E-state index in [4.69, 9.17) is 17.3 Å². The second-order valence-electron chi connectivity index (χ2n) is 1.89. The van der Waals surface area contributed by atoms with E-state index in [0.717, 1.165) is 6.07 Å². The molecule has 0 aliphatic rings. The van der Waals surface area contributed by atoms with Crippen molar-refractivity contribution in [3.63, 3.8) is 0 Å². The maximum Gasteiger partial charge on any atom is 0.178 e. The summed E-state index contributed by atoms with van der Waals surface area (Å²) in [5.41, 5.74) is 5.33. The van der Waals surface area contributed by atoms with Crippen molar-refractivity contribution < 1.29 is 8.78 Å². The lowest BCUT2D eigenvalue weighted by Crippen LogP contribution is -1.94. The molecule has 0 bridgehead atoms. The zero-order valence-electron chi connectivity index (χ0n) is 5.17. The van der Waals surface area contributed by atoms with Crippen LogP contribution in [-0.4, -0.2) is 0 Å². The maximum atomic E-state index is 12.7. The van der Waals surface area contributed by atoms with Crippen LogP contribution in [-0.2, 0) is 0 Å². The molecule has 0 heterocycles. The van der Waals surface area contributed by atoms with Crippen LogP contribution in [0.3, 0.4) is 0 Å². The van der Waals surface area contributed by atoms with Gasteiger partial charge < -0.3 is 5.73 Å². The van der Waals surface area contributed by atoms with Crippen molar-refractivity contribution in [2.75, 3.05) is 5.73 Å². The average molecular weight is 242 g/mol. The van der Waals surface area contributed by atoms with Gasteiger partial charge in [0.1, 0.15) is 0 Å². The maximum absolute atomic E-state index is 12.7. The molecule has 0 aliphatic carbocycles. The molecule has 1 rings (SSSR count). The summed E-state index contributed by atoms with van der Waals surface area (Å²) in [6.07, 6.45) is 0. The van der Waals surface area contributed by atoms with E-state index in [1.807, 2.05) is 0 Å². The van der Waals surface area contributed by atoms with Crippen LogP contribution in [0.25, 0.3) is 0 Å². The van der Waals surface area contributed by atoms with Crippen molar-refractivity contribution in [1.82, 2.24) is 0 Å². The van der Waals surface area contributed by atoms with Crippen molar-refractivity contribution in [2.24, 2.45) is 0 Å². The molecule has 0 saturated carbocycles. The van der Waals surface area contributed by atoms with Gasteiger partial charge in [0.25, 0.3) is 0 Å². The highest BCUT2D eigenvalue weighted by Gasteiger charge is 2.13. The van der Waals surface area contributed by atoms with Crippen LogP contribution in [0.5, 0.6) is 0 Å². The number of halogens is 4. The Kier molecular flexibility index (Phi) is 2.34. The molecule has 0 saturated heterocycles. The van der Waals surface area contributed by atoms with E-state index in [2.05, 4.69) is 15.9 Å². The number of hydrogen-bond acceptors (Lipinski definition) is 1. The minimum Gasteiger partial charge on any atom is -0.398 e. The van der Waals surface area contributed by atoms with E-state index in [1.54, 1.807) is 0 Å². The molecule has 0 radical (unpaired) electrons. The van der Waals surface area contributed by atoms with Crippen molar-refractivity contribution in [2.45, 2.75) is 0 Å². The Morgan fingerprint density at radius 2 is 1.91 bits per heavy atom. The van der Waals surface area contributed by atoms with Crippen LogP contribution < -0.4 is 5.73 Å². The molecule has 0 unspecified atom stereocenters. The number of anilines is 1. The van der Waals surface area contributed by atoms with Crippen LogP contribution in [0.15, 0.2) is 10.5 Å². The highest BCUT2D eigenvalue weighted by Crippen LogP contribution is 2.29. The SMILES string of the molecule is Nc1cc(Cl)c(F)c(F)c1Br. The summed E-state index contributed by atoms with van der Waals surface area (Å²) in [6.45, 7) is 0. The Labute approximate surface area is 75.3 Å². The van der Waals surface area contributed by atoms with Gasteiger partial charge >= 0.3 is 0 Å². The summed E-state index contributed by atoms with van der Waals surface area (Å²) < 4.78 is 25.1. The number of nitrogen functional groups attached to an aromatic ring is 1. The van der Waals surface area contributed by atoms with Gasteiger partial charge in [-0.3, -0.25) is 0 Å². The topological polar surface area (TPSA) is 26.0 Å². The first-order valence-corrected chi connectivity index (χ1v) is 3.79. The second-order valence-corrected chi connectivity index (χ2v) is 3.09. The third-order valence-corrected chi connectivity index (χ3v) is 2.21. The van der Waals surface area contributed by atoms with E-state index in [-0.39, 0.29) is 15.2 Å². The standard InChI is InChI=1S/C6H3BrClF2N/c7-4-3(11)1-2(8)5(9)6(4)10/h1H,11H2. The van der Waals surface area contributed by atoms with Crippen molar-refractivity contribution in [3.8, 4) is 0 Å². The molecule has 2 N–H and O–H groups in total. The Morgan fingerprint density at radius 1 is 1.36 bits per heavy atom. The summed E-state index contributed by atoms with van der Waals surface area (Å²) in [6, 6.07) is 1.14. The molecule has 1 nitrogen and oxygen atoms in total. The lowest BCUT2D eigenvalue weighted by Gasteiger charge is -2.01. The van der Waals surface area contributed by atoms with Crippen molar-refractivity contribution >= 4 is 33.2 Å². The number of benzene rings is 1. The minimum atomic E-state index is -1.09. The molecule has 0 aromatic heterocycles. The lowest BCUT2D eigenvalue weighted by molar-refractivity contribution is 0.505. The van der Waals surface area contributed by atoms with Gasteiger partial charge in [-0.1, -0.05) is 11.6 Å². The Morgan fingerprint density at radius 3 is 2.45 bits per heavy atom. The van der Waals surface area contributed by atoms with Crippen molar-refractivity contribution in [3.05, 3.63) is 27.2 Å². The zero-order chi connectivity index (χ0) is 8.59. The fourth-order valence-corrected chi connectivity index (χ4v) is 1.08. The highest BCUT2D eigenvalue weighted by atomic mass is 79.9. The Hall–Kier alpha value is -0.350. The van der Waals surface area contributed by atoms with Crippen molar-refractivity contribution in [1.29, 1.82) is 0 Å². The first-order chi connectivity index (χ1) is 5.04. The fourth-order valence-electron chi connectivity index (χ4n) is 0.591. The molecular weight excluding hydrogens is 239 g/mol. The van der Waals surface area contributed by atoms with Gasteiger partial charge in [-0.15, -0.1) is 0 Å². The van der Waals surface area contributed by atoms with Crippen LogP contribution in [0.1, 0.15) is 0 Å². The van der Waals surface area contributed by atoms with Gasteiger partial charge in [0.2, 0.25) is 0 Å². The van der Waals surface area contributed by atoms with Gasteiger partial charge in [-0.2, -0.15) is 0 Å². The van der Waals surface area contributed by atoms with Crippen LogP contribution in [0.2, 0.25) is 5.02 Å². The molecule has 0 spiro atoms. The van der Waals surface area contributed by atoms with E-state index >= 15 is 0 Å². The third-order valence-electron chi connectivity index (χ3n) is 1.13. The average Bonchev–Trinajstić information content (AvgIpc) is 1.97. The molecule has 1 aromatic carbocycles. The lowest BCUT2D eigenvalue weighted by atomic mass is 10.3. The first-order valence-electron chi connectivity index (χ1n) is 2.62. The van der Waals surface area contributed by atoms with E-state index in [9.17, 15) is 8.78 Å². The van der Waals surface area contributed by atoms with Crippen LogP contribution in [0, 0.1) is 11.6 Å². The monoisotopic (exact) mass is 241 g/mol. The van der Waals surface area contributed by atoms with Gasteiger partial charge in [0.15, 0.2) is 11.6 Å². The fraction of sp³-hybridized carbons (Fsp3) is 0. The summed E-state index contributed by atoms with van der Waals surface area (Å²) in [7, 11) is 0. The predicted octanol–water partition coefficient (Wildman–Crippen LogP) is 2.96. The summed E-state index contributed by atoms with van der Waals surface area (Å²) >= 11 is 8.04. The number of nitrogens with two attached hydrogens (primary N) is 1. The Balaban J connectivity index is 3.46. The molecular formula is C6H3BrClF2N. The molecule has 5 heteroatoms.